The number of aromatic nitrogens is 1. The summed E-state index contributed by atoms with van der Waals surface area (Å²) in [4.78, 5) is 17.0. The molecule has 0 atom stereocenters. The topological polar surface area (TPSA) is 54.0 Å². The van der Waals surface area contributed by atoms with Gasteiger partial charge in [0.1, 0.15) is 5.82 Å². The minimum absolute atomic E-state index is 0.0966. The lowest BCUT2D eigenvalue weighted by molar-refractivity contribution is -0.120. The van der Waals surface area contributed by atoms with Crippen molar-refractivity contribution in [2.75, 3.05) is 10.6 Å². The van der Waals surface area contributed by atoms with Gasteiger partial charge >= 0.3 is 0 Å². The second-order valence-corrected chi connectivity index (χ2v) is 7.07. The van der Waals surface area contributed by atoms with Gasteiger partial charge in [0, 0.05) is 12.1 Å². The third kappa shape index (κ3) is 4.64. The molecule has 5 heteroatoms. The number of rotatable bonds is 6. The summed E-state index contributed by atoms with van der Waals surface area (Å²) in [5.41, 5.74) is 2.54. The molecular formula is C21H24ClN3O. The van der Waals surface area contributed by atoms with Crippen LogP contribution >= 0.6 is 11.6 Å². The molecule has 0 unspecified atom stereocenters. The molecule has 0 spiro atoms. The molecule has 1 aromatic carbocycles. The maximum absolute atomic E-state index is 12.6. The highest BCUT2D eigenvalue weighted by atomic mass is 35.5. The minimum Gasteiger partial charge on any atom is -0.337 e. The average Bonchev–Trinajstić information content (AvgIpc) is 2.66. The first-order valence-electron chi connectivity index (χ1n) is 9.09. The van der Waals surface area contributed by atoms with Crippen LogP contribution in [0.25, 0.3) is 0 Å². The molecule has 0 saturated heterocycles. The van der Waals surface area contributed by atoms with E-state index in [4.69, 9.17) is 11.6 Å². The number of para-hydroxylation sites is 2. The molecule has 2 aromatic rings. The van der Waals surface area contributed by atoms with Crippen LogP contribution in [0.1, 0.15) is 37.7 Å². The lowest BCUT2D eigenvalue weighted by Gasteiger charge is -2.21. The number of nitrogens with one attached hydrogen (secondary N) is 2. The Bertz CT molecular complexity index is 785. The molecular weight excluding hydrogens is 346 g/mol. The van der Waals surface area contributed by atoms with Gasteiger partial charge in [-0.15, -0.1) is 6.58 Å². The standard InChI is InChI=1S/C21H24ClN3O/c1-2-8-15-13-17(22)20(23-14-15)24-18-11-6-7-12-19(18)25-21(26)16-9-4-3-5-10-16/h2,6-7,11-14,16H,1,3-5,8-10H2,(H,23,24)(H,25,26). The van der Waals surface area contributed by atoms with Crippen molar-refractivity contribution in [2.24, 2.45) is 5.92 Å². The molecule has 0 radical (unpaired) electrons. The van der Waals surface area contributed by atoms with Crippen molar-refractivity contribution in [1.82, 2.24) is 4.98 Å². The van der Waals surface area contributed by atoms with Crippen molar-refractivity contribution < 1.29 is 4.79 Å². The first-order chi connectivity index (χ1) is 12.7. The predicted molar refractivity (Wildman–Crippen MR) is 108 cm³/mol. The van der Waals surface area contributed by atoms with Gasteiger partial charge < -0.3 is 10.6 Å². The Morgan fingerprint density at radius 3 is 2.65 bits per heavy atom. The van der Waals surface area contributed by atoms with Crippen molar-refractivity contribution >= 4 is 34.7 Å². The van der Waals surface area contributed by atoms with Gasteiger partial charge in [0.05, 0.1) is 16.4 Å². The van der Waals surface area contributed by atoms with Gasteiger partial charge in [-0.3, -0.25) is 4.79 Å². The number of amides is 1. The van der Waals surface area contributed by atoms with Crippen LogP contribution < -0.4 is 10.6 Å². The third-order valence-electron chi connectivity index (χ3n) is 4.69. The summed E-state index contributed by atoms with van der Waals surface area (Å²) in [6.45, 7) is 3.73. The van der Waals surface area contributed by atoms with Gasteiger partial charge in [-0.1, -0.05) is 49.1 Å². The lowest BCUT2D eigenvalue weighted by Crippen LogP contribution is -2.25. The highest BCUT2D eigenvalue weighted by molar-refractivity contribution is 6.33. The normalized spacial score (nSPS) is 14.7. The molecule has 26 heavy (non-hydrogen) atoms. The summed E-state index contributed by atoms with van der Waals surface area (Å²) in [5, 5.41) is 6.84. The Morgan fingerprint density at radius 1 is 1.23 bits per heavy atom. The molecule has 1 saturated carbocycles. The summed E-state index contributed by atoms with van der Waals surface area (Å²) in [7, 11) is 0. The Morgan fingerprint density at radius 2 is 1.96 bits per heavy atom. The van der Waals surface area contributed by atoms with Gasteiger partial charge in [0.2, 0.25) is 5.91 Å². The maximum atomic E-state index is 12.6. The highest BCUT2D eigenvalue weighted by Gasteiger charge is 2.21. The largest absolute Gasteiger partial charge is 0.337 e. The first-order valence-corrected chi connectivity index (χ1v) is 9.47. The van der Waals surface area contributed by atoms with Gasteiger partial charge in [0.25, 0.3) is 0 Å². The fraction of sp³-hybridized carbons (Fsp3) is 0.333. The zero-order valence-electron chi connectivity index (χ0n) is 14.8. The van der Waals surface area contributed by atoms with Crippen molar-refractivity contribution in [3.8, 4) is 0 Å². The Balaban J connectivity index is 1.74. The first kappa shape index (κ1) is 18.5. The fourth-order valence-electron chi connectivity index (χ4n) is 3.28. The summed E-state index contributed by atoms with van der Waals surface area (Å²) in [6.07, 6.45) is 9.76. The number of nitrogens with zero attached hydrogens (tertiary/aromatic N) is 1. The monoisotopic (exact) mass is 369 g/mol. The Kier molecular flexibility index (Phi) is 6.29. The molecule has 1 amide bonds. The van der Waals surface area contributed by atoms with E-state index in [1.165, 1.54) is 6.42 Å². The van der Waals surface area contributed by atoms with Gasteiger partial charge in [-0.25, -0.2) is 4.98 Å². The third-order valence-corrected chi connectivity index (χ3v) is 4.98. The summed E-state index contributed by atoms with van der Waals surface area (Å²) < 4.78 is 0. The molecule has 1 fully saturated rings. The molecule has 136 valence electrons. The highest BCUT2D eigenvalue weighted by Crippen LogP contribution is 2.30. The zero-order valence-corrected chi connectivity index (χ0v) is 15.6. The van der Waals surface area contributed by atoms with E-state index in [-0.39, 0.29) is 11.8 Å². The fourth-order valence-corrected chi connectivity index (χ4v) is 3.51. The molecule has 1 heterocycles. The number of carbonyl (C=O) groups is 1. The van der Waals surface area contributed by atoms with E-state index in [1.54, 1.807) is 6.20 Å². The van der Waals surface area contributed by atoms with Crippen LogP contribution in [0.5, 0.6) is 0 Å². The SMILES string of the molecule is C=CCc1cnc(Nc2ccccc2NC(=O)C2CCCCC2)c(Cl)c1. The molecule has 3 rings (SSSR count). The molecule has 2 N–H and O–H groups in total. The molecule has 0 aliphatic heterocycles. The quantitative estimate of drug-likeness (QED) is 0.639. The van der Waals surface area contributed by atoms with E-state index < -0.39 is 0 Å². The van der Waals surface area contributed by atoms with Crippen molar-refractivity contribution in [3.63, 3.8) is 0 Å². The van der Waals surface area contributed by atoms with E-state index in [0.29, 0.717) is 10.8 Å². The smallest absolute Gasteiger partial charge is 0.227 e. The van der Waals surface area contributed by atoms with E-state index in [0.717, 1.165) is 49.0 Å². The van der Waals surface area contributed by atoms with Crippen LogP contribution in [0.3, 0.4) is 0 Å². The van der Waals surface area contributed by atoms with E-state index in [1.807, 2.05) is 36.4 Å². The number of hydrogen-bond acceptors (Lipinski definition) is 3. The van der Waals surface area contributed by atoms with Gasteiger partial charge in [0.15, 0.2) is 0 Å². The number of hydrogen-bond donors (Lipinski definition) is 2. The molecule has 1 aromatic heterocycles. The lowest BCUT2D eigenvalue weighted by atomic mass is 9.88. The van der Waals surface area contributed by atoms with Crippen molar-refractivity contribution in [3.05, 3.63) is 59.8 Å². The summed E-state index contributed by atoms with van der Waals surface area (Å²) in [5.74, 6) is 0.773. The summed E-state index contributed by atoms with van der Waals surface area (Å²) in [6, 6.07) is 9.50. The number of allylic oxidation sites excluding steroid dienone is 1. The van der Waals surface area contributed by atoms with E-state index in [2.05, 4.69) is 22.2 Å². The second-order valence-electron chi connectivity index (χ2n) is 6.66. The number of benzene rings is 1. The predicted octanol–water partition coefficient (Wildman–Crippen LogP) is 5.73. The van der Waals surface area contributed by atoms with Gasteiger partial charge in [-0.2, -0.15) is 0 Å². The summed E-state index contributed by atoms with van der Waals surface area (Å²) >= 11 is 6.35. The van der Waals surface area contributed by atoms with Crippen molar-refractivity contribution in [2.45, 2.75) is 38.5 Å². The average molecular weight is 370 g/mol. The minimum atomic E-state index is 0.0966. The van der Waals surface area contributed by atoms with Crippen LogP contribution in [0.15, 0.2) is 49.2 Å². The molecule has 1 aliphatic carbocycles. The second kappa shape index (κ2) is 8.86. The number of pyridine rings is 1. The number of halogens is 1. The van der Waals surface area contributed by atoms with Crippen LogP contribution in [0.2, 0.25) is 5.02 Å². The molecule has 1 aliphatic rings. The maximum Gasteiger partial charge on any atom is 0.227 e. The zero-order chi connectivity index (χ0) is 18.4. The Hall–Kier alpha value is -2.33. The van der Waals surface area contributed by atoms with Crippen LogP contribution in [-0.2, 0) is 11.2 Å². The molecule has 4 nitrogen and oxygen atoms in total. The molecule has 0 bridgehead atoms. The van der Waals surface area contributed by atoms with Crippen LogP contribution in [0.4, 0.5) is 17.2 Å². The van der Waals surface area contributed by atoms with Crippen LogP contribution in [0, 0.1) is 5.92 Å². The van der Waals surface area contributed by atoms with Gasteiger partial charge in [-0.05, 0) is 43.0 Å². The number of anilines is 3. The van der Waals surface area contributed by atoms with E-state index in [9.17, 15) is 4.79 Å². The van der Waals surface area contributed by atoms with Crippen molar-refractivity contribution in [1.29, 1.82) is 0 Å². The Labute approximate surface area is 159 Å². The van der Waals surface area contributed by atoms with Crippen LogP contribution in [-0.4, -0.2) is 10.9 Å². The number of carbonyl (C=O) groups excluding carboxylic acids is 1. The van der Waals surface area contributed by atoms with E-state index >= 15 is 0 Å².